The number of H-pyrrole nitrogens is 1. The molecule has 0 aromatic carbocycles. The molecule has 4 heteroatoms. The highest BCUT2D eigenvalue weighted by Gasteiger charge is 2.27. The van der Waals surface area contributed by atoms with Gasteiger partial charge in [-0.05, 0) is 19.8 Å². The van der Waals surface area contributed by atoms with Crippen molar-refractivity contribution in [1.29, 1.82) is 0 Å². The Hall–Kier alpha value is -1.58. The molecule has 0 spiro atoms. The van der Waals surface area contributed by atoms with Gasteiger partial charge in [0.2, 0.25) is 0 Å². The van der Waals surface area contributed by atoms with Crippen molar-refractivity contribution in [3.05, 3.63) is 33.2 Å². The van der Waals surface area contributed by atoms with Crippen LogP contribution in [0.25, 0.3) is 0 Å². The first-order valence-electron chi connectivity index (χ1n) is 5.06. The number of carboxylic acids is 1. The van der Waals surface area contributed by atoms with E-state index < -0.39 is 5.97 Å². The lowest BCUT2D eigenvalue weighted by atomic mass is 9.81. The van der Waals surface area contributed by atoms with Crippen molar-refractivity contribution < 1.29 is 9.90 Å². The van der Waals surface area contributed by atoms with Crippen molar-refractivity contribution in [2.24, 2.45) is 0 Å². The van der Waals surface area contributed by atoms with Crippen LogP contribution in [0.1, 0.15) is 46.9 Å². The second kappa shape index (κ2) is 3.53. The van der Waals surface area contributed by atoms with E-state index in [9.17, 15) is 9.59 Å². The highest BCUT2D eigenvalue weighted by molar-refractivity contribution is 5.89. The van der Waals surface area contributed by atoms with Gasteiger partial charge in [0, 0.05) is 23.4 Å². The summed E-state index contributed by atoms with van der Waals surface area (Å²) >= 11 is 0. The van der Waals surface area contributed by atoms with Crippen LogP contribution in [0.2, 0.25) is 0 Å². The Bertz CT molecular complexity index is 457. The normalized spacial score (nSPS) is 16.1. The number of aromatic carboxylic acids is 1. The molecule has 0 saturated heterocycles. The molecule has 4 nitrogen and oxygen atoms in total. The maximum absolute atomic E-state index is 11.5. The second-order valence-corrected chi connectivity index (χ2v) is 4.04. The Morgan fingerprint density at radius 3 is 2.67 bits per heavy atom. The first kappa shape index (κ1) is 9.96. The van der Waals surface area contributed by atoms with E-state index in [1.54, 1.807) is 6.92 Å². The molecule has 0 radical (unpaired) electrons. The molecule has 1 saturated carbocycles. The molecule has 1 fully saturated rings. The number of aryl methyl sites for hydroxylation is 1. The van der Waals surface area contributed by atoms with Crippen LogP contribution < -0.4 is 5.43 Å². The summed E-state index contributed by atoms with van der Waals surface area (Å²) in [6.07, 6.45) is 3.05. The zero-order chi connectivity index (χ0) is 11.0. The number of hydrogen-bond donors (Lipinski definition) is 2. The molecule has 2 N–H and O–H groups in total. The fourth-order valence-corrected chi connectivity index (χ4v) is 1.94. The van der Waals surface area contributed by atoms with Gasteiger partial charge in [0.25, 0.3) is 0 Å². The van der Waals surface area contributed by atoms with Gasteiger partial charge in [0.15, 0.2) is 5.43 Å². The summed E-state index contributed by atoms with van der Waals surface area (Å²) in [6, 6.07) is 1.34. The van der Waals surface area contributed by atoms with Crippen molar-refractivity contribution in [2.75, 3.05) is 0 Å². The Morgan fingerprint density at radius 2 is 2.20 bits per heavy atom. The van der Waals surface area contributed by atoms with Gasteiger partial charge in [-0.25, -0.2) is 4.79 Å². The van der Waals surface area contributed by atoms with Gasteiger partial charge >= 0.3 is 5.97 Å². The zero-order valence-corrected chi connectivity index (χ0v) is 8.54. The third-order valence-corrected chi connectivity index (χ3v) is 2.92. The van der Waals surface area contributed by atoms with E-state index in [0.29, 0.717) is 5.69 Å². The molecule has 0 atom stereocenters. The fraction of sp³-hybridized carbons (Fsp3) is 0.455. The minimum atomic E-state index is -1.13. The van der Waals surface area contributed by atoms with E-state index in [2.05, 4.69) is 4.98 Å². The van der Waals surface area contributed by atoms with Crippen molar-refractivity contribution in [1.82, 2.24) is 4.98 Å². The predicted octanol–water partition coefficient (Wildman–Crippen LogP) is 1.65. The Morgan fingerprint density at radius 1 is 1.53 bits per heavy atom. The summed E-state index contributed by atoms with van der Waals surface area (Å²) in [7, 11) is 0. The molecule has 1 aliphatic carbocycles. The average molecular weight is 207 g/mol. The molecule has 1 aromatic heterocycles. The molecule has 1 aromatic rings. The van der Waals surface area contributed by atoms with Gasteiger partial charge in [-0.3, -0.25) is 4.79 Å². The number of hydrogen-bond acceptors (Lipinski definition) is 2. The minimum absolute atomic E-state index is 0.0784. The summed E-state index contributed by atoms with van der Waals surface area (Å²) in [5, 5.41) is 8.99. The van der Waals surface area contributed by atoms with E-state index >= 15 is 0 Å². The van der Waals surface area contributed by atoms with Gasteiger partial charge in [-0.2, -0.15) is 0 Å². The maximum Gasteiger partial charge on any atom is 0.341 e. The third-order valence-electron chi connectivity index (χ3n) is 2.92. The number of nitrogens with one attached hydrogen (secondary N) is 1. The molecule has 0 aliphatic heterocycles. The third kappa shape index (κ3) is 1.67. The summed E-state index contributed by atoms with van der Waals surface area (Å²) in [5.41, 5.74) is 0.872. The van der Waals surface area contributed by atoms with E-state index in [1.165, 1.54) is 6.07 Å². The fourth-order valence-electron chi connectivity index (χ4n) is 1.94. The lowest BCUT2D eigenvalue weighted by molar-refractivity contribution is 0.0692. The average Bonchev–Trinajstić information content (AvgIpc) is 1.97. The molecule has 1 aliphatic rings. The topological polar surface area (TPSA) is 70.2 Å². The van der Waals surface area contributed by atoms with Crippen molar-refractivity contribution in [3.8, 4) is 0 Å². The molecular formula is C11H13NO3. The van der Waals surface area contributed by atoms with Gasteiger partial charge in [0.05, 0.1) is 0 Å². The highest BCUT2D eigenvalue weighted by Crippen LogP contribution is 2.36. The van der Waals surface area contributed by atoms with Crippen LogP contribution in [0.5, 0.6) is 0 Å². The lowest BCUT2D eigenvalue weighted by Crippen LogP contribution is -2.24. The quantitative estimate of drug-likeness (QED) is 0.774. The Labute approximate surface area is 87.0 Å². The molecular weight excluding hydrogens is 194 g/mol. The number of rotatable bonds is 2. The number of pyridine rings is 1. The number of carboxylic acid groups (broad SMARTS) is 1. The van der Waals surface area contributed by atoms with Crippen LogP contribution in [-0.4, -0.2) is 16.1 Å². The van der Waals surface area contributed by atoms with E-state index in [1.807, 2.05) is 0 Å². The van der Waals surface area contributed by atoms with Gasteiger partial charge in [-0.1, -0.05) is 6.42 Å². The molecule has 15 heavy (non-hydrogen) atoms. The predicted molar refractivity (Wildman–Crippen MR) is 55.4 cm³/mol. The number of aromatic amines is 1. The van der Waals surface area contributed by atoms with Crippen LogP contribution >= 0.6 is 0 Å². The highest BCUT2D eigenvalue weighted by atomic mass is 16.4. The smallest absolute Gasteiger partial charge is 0.341 e. The largest absolute Gasteiger partial charge is 0.477 e. The van der Waals surface area contributed by atoms with Crippen LogP contribution in [0.15, 0.2) is 10.9 Å². The summed E-state index contributed by atoms with van der Waals surface area (Å²) in [4.78, 5) is 25.5. The van der Waals surface area contributed by atoms with Crippen molar-refractivity contribution in [2.45, 2.75) is 32.1 Å². The maximum atomic E-state index is 11.5. The molecule has 0 unspecified atom stereocenters. The van der Waals surface area contributed by atoms with E-state index in [0.717, 1.165) is 25.0 Å². The van der Waals surface area contributed by atoms with Crippen LogP contribution in [0.3, 0.4) is 0 Å². The molecule has 80 valence electrons. The molecule has 0 bridgehead atoms. The van der Waals surface area contributed by atoms with E-state index in [-0.39, 0.29) is 16.9 Å². The van der Waals surface area contributed by atoms with Crippen LogP contribution in [0.4, 0.5) is 0 Å². The van der Waals surface area contributed by atoms with Gasteiger partial charge in [0.1, 0.15) is 5.56 Å². The zero-order valence-electron chi connectivity index (χ0n) is 8.54. The standard InChI is InChI=1S/C11H13NO3/c1-6-5-8(13)9(11(14)15)10(12-6)7-3-2-4-7/h5,7H,2-4H2,1H3,(H,12,13)(H,14,15). The molecule has 2 rings (SSSR count). The number of aromatic nitrogens is 1. The summed E-state index contributed by atoms with van der Waals surface area (Å²) in [6.45, 7) is 1.77. The monoisotopic (exact) mass is 207 g/mol. The second-order valence-electron chi connectivity index (χ2n) is 4.04. The van der Waals surface area contributed by atoms with Crippen LogP contribution in [0, 0.1) is 6.92 Å². The SMILES string of the molecule is Cc1cc(=O)c(C(=O)O)c(C2CCC2)[nH]1. The van der Waals surface area contributed by atoms with Gasteiger partial charge < -0.3 is 10.1 Å². The van der Waals surface area contributed by atoms with E-state index in [4.69, 9.17) is 5.11 Å². The minimum Gasteiger partial charge on any atom is -0.477 e. The van der Waals surface area contributed by atoms with Crippen molar-refractivity contribution >= 4 is 5.97 Å². The van der Waals surface area contributed by atoms with Gasteiger partial charge in [-0.15, -0.1) is 0 Å². The first-order valence-corrected chi connectivity index (χ1v) is 5.06. The summed E-state index contributed by atoms with van der Waals surface area (Å²) < 4.78 is 0. The van der Waals surface area contributed by atoms with Crippen LogP contribution in [-0.2, 0) is 0 Å². The van der Waals surface area contributed by atoms with Crippen molar-refractivity contribution in [3.63, 3.8) is 0 Å². The Kier molecular flexibility index (Phi) is 2.34. The lowest BCUT2D eigenvalue weighted by Gasteiger charge is -2.26. The Balaban J connectivity index is 2.58. The first-order chi connectivity index (χ1) is 7.09. The molecule has 1 heterocycles. The number of carbonyl (C=O) groups is 1. The summed E-state index contributed by atoms with van der Waals surface area (Å²) in [5.74, 6) is -0.901. The molecule has 0 amide bonds.